The summed E-state index contributed by atoms with van der Waals surface area (Å²) in [4.78, 5) is 14.6. The first-order chi connectivity index (χ1) is 11.0. The van der Waals surface area contributed by atoms with Crippen LogP contribution < -0.4 is 10.2 Å². The monoisotopic (exact) mass is 308 g/mol. The Bertz CT molecular complexity index is 691. The summed E-state index contributed by atoms with van der Waals surface area (Å²) in [6.45, 7) is 6.90. The van der Waals surface area contributed by atoms with Crippen LogP contribution in [0.1, 0.15) is 37.8 Å². The molecule has 0 aliphatic carbocycles. The first kappa shape index (κ1) is 15.6. The molecule has 0 saturated carbocycles. The summed E-state index contributed by atoms with van der Waals surface area (Å²) in [5.41, 5.74) is 4.66. The van der Waals surface area contributed by atoms with Gasteiger partial charge in [-0.1, -0.05) is 44.2 Å². The lowest BCUT2D eigenvalue weighted by Gasteiger charge is -2.24. The van der Waals surface area contributed by atoms with Crippen LogP contribution in [0.3, 0.4) is 0 Å². The van der Waals surface area contributed by atoms with Gasteiger partial charge in [0.25, 0.3) is 0 Å². The fraction of sp³-hybridized carbons (Fsp3) is 0.350. The van der Waals surface area contributed by atoms with Crippen molar-refractivity contribution < 1.29 is 4.79 Å². The van der Waals surface area contributed by atoms with Gasteiger partial charge in [-0.3, -0.25) is 4.79 Å². The summed E-state index contributed by atoms with van der Waals surface area (Å²) in [6, 6.07) is 16.8. The minimum atomic E-state index is 0.0332. The third-order valence-corrected chi connectivity index (χ3v) is 4.52. The maximum absolute atomic E-state index is 12.4. The molecule has 1 aliphatic heterocycles. The van der Waals surface area contributed by atoms with E-state index in [2.05, 4.69) is 61.3 Å². The SMILES string of the molecule is CC(C)c1ccc(NC(=O)CN2c3ccccc3CC2C)cc1. The lowest BCUT2D eigenvalue weighted by Crippen LogP contribution is -2.37. The van der Waals surface area contributed by atoms with Gasteiger partial charge in [-0.05, 0) is 48.6 Å². The number of anilines is 2. The molecule has 120 valence electrons. The predicted octanol–water partition coefficient (Wildman–Crippen LogP) is 4.20. The zero-order valence-electron chi connectivity index (χ0n) is 14.0. The predicted molar refractivity (Wildman–Crippen MR) is 96.1 cm³/mol. The van der Waals surface area contributed by atoms with Crippen molar-refractivity contribution in [1.82, 2.24) is 0 Å². The second-order valence-corrected chi connectivity index (χ2v) is 6.63. The summed E-state index contributed by atoms with van der Waals surface area (Å²) in [5.74, 6) is 0.535. The average molecular weight is 308 g/mol. The second kappa shape index (κ2) is 6.45. The molecule has 0 spiro atoms. The van der Waals surface area contributed by atoms with Gasteiger partial charge in [0.15, 0.2) is 0 Å². The average Bonchev–Trinajstić information content (AvgIpc) is 2.84. The van der Waals surface area contributed by atoms with Crippen molar-refractivity contribution in [3.05, 3.63) is 59.7 Å². The van der Waals surface area contributed by atoms with Crippen LogP contribution in [0.2, 0.25) is 0 Å². The highest BCUT2D eigenvalue weighted by molar-refractivity contribution is 5.94. The number of para-hydroxylation sites is 1. The Labute approximate surface area is 138 Å². The first-order valence-electron chi connectivity index (χ1n) is 8.29. The Hall–Kier alpha value is -2.29. The van der Waals surface area contributed by atoms with Crippen molar-refractivity contribution in [3.8, 4) is 0 Å². The molecule has 2 aromatic rings. The van der Waals surface area contributed by atoms with E-state index in [0.29, 0.717) is 18.5 Å². The normalized spacial score (nSPS) is 16.5. The van der Waals surface area contributed by atoms with E-state index >= 15 is 0 Å². The molecule has 2 aromatic carbocycles. The van der Waals surface area contributed by atoms with Crippen LogP contribution in [0.5, 0.6) is 0 Å². The molecule has 23 heavy (non-hydrogen) atoms. The van der Waals surface area contributed by atoms with Crippen LogP contribution in [0.25, 0.3) is 0 Å². The Balaban J connectivity index is 1.66. The highest BCUT2D eigenvalue weighted by atomic mass is 16.2. The zero-order valence-corrected chi connectivity index (χ0v) is 14.0. The van der Waals surface area contributed by atoms with Gasteiger partial charge < -0.3 is 10.2 Å². The molecule has 0 radical (unpaired) electrons. The molecule has 1 atom stereocenters. The summed E-state index contributed by atoms with van der Waals surface area (Å²) in [7, 11) is 0. The smallest absolute Gasteiger partial charge is 0.243 e. The maximum Gasteiger partial charge on any atom is 0.243 e. The van der Waals surface area contributed by atoms with Crippen LogP contribution in [0, 0.1) is 0 Å². The second-order valence-electron chi connectivity index (χ2n) is 6.63. The van der Waals surface area contributed by atoms with E-state index in [1.54, 1.807) is 0 Å². The number of hydrogen-bond acceptors (Lipinski definition) is 2. The van der Waals surface area contributed by atoms with E-state index < -0.39 is 0 Å². The Morgan fingerprint density at radius 2 is 1.87 bits per heavy atom. The highest BCUT2D eigenvalue weighted by Crippen LogP contribution is 2.31. The van der Waals surface area contributed by atoms with Gasteiger partial charge >= 0.3 is 0 Å². The molecular weight excluding hydrogens is 284 g/mol. The molecular formula is C20H24N2O. The summed E-state index contributed by atoms with van der Waals surface area (Å²) < 4.78 is 0. The quantitative estimate of drug-likeness (QED) is 0.918. The van der Waals surface area contributed by atoms with Crippen LogP contribution in [-0.2, 0) is 11.2 Å². The molecule has 1 unspecified atom stereocenters. The minimum absolute atomic E-state index is 0.0332. The number of benzene rings is 2. The van der Waals surface area contributed by atoms with Gasteiger partial charge in [0.1, 0.15) is 0 Å². The van der Waals surface area contributed by atoms with Crippen molar-refractivity contribution in [3.63, 3.8) is 0 Å². The summed E-state index contributed by atoms with van der Waals surface area (Å²) in [6.07, 6.45) is 1.01. The molecule has 3 nitrogen and oxygen atoms in total. The van der Waals surface area contributed by atoms with E-state index in [-0.39, 0.29) is 5.91 Å². The van der Waals surface area contributed by atoms with Crippen molar-refractivity contribution >= 4 is 17.3 Å². The Morgan fingerprint density at radius 1 is 1.17 bits per heavy atom. The van der Waals surface area contributed by atoms with Crippen molar-refractivity contribution in [2.45, 2.75) is 39.2 Å². The van der Waals surface area contributed by atoms with Gasteiger partial charge in [0, 0.05) is 17.4 Å². The van der Waals surface area contributed by atoms with Gasteiger partial charge in [-0.15, -0.1) is 0 Å². The van der Waals surface area contributed by atoms with Gasteiger partial charge in [0.05, 0.1) is 6.54 Å². The minimum Gasteiger partial charge on any atom is -0.359 e. The molecule has 0 fully saturated rings. The van der Waals surface area contributed by atoms with Crippen LogP contribution in [-0.4, -0.2) is 18.5 Å². The summed E-state index contributed by atoms with van der Waals surface area (Å²) >= 11 is 0. The number of nitrogens with one attached hydrogen (secondary N) is 1. The number of hydrogen-bond donors (Lipinski definition) is 1. The topological polar surface area (TPSA) is 32.3 Å². The van der Waals surface area contributed by atoms with E-state index in [9.17, 15) is 4.79 Å². The molecule has 0 bridgehead atoms. The number of amides is 1. The fourth-order valence-electron chi connectivity index (χ4n) is 3.18. The fourth-order valence-corrected chi connectivity index (χ4v) is 3.18. The maximum atomic E-state index is 12.4. The largest absolute Gasteiger partial charge is 0.359 e. The molecule has 3 rings (SSSR count). The molecule has 1 N–H and O–H groups in total. The summed E-state index contributed by atoms with van der Waals surface area (Å²) in [5, 5.41) is 3.01. The number of rotatable bonds is 4. The van der Waals surface area contributed by atoms with Crippen LogP contribution >= 0.6 is 0 Å². The van der Waals surface area contributed by atoms with Crippen molar-refractivity contribution in [2.24, 2.45) is 0 Å². The van der Waals surface area contributed by atoms with E-state index in [0.717, 1.165) is 12.1 Å². The highest BCUT2D eigenvalue weighted by Gasteiger charge is 2.26. The number of fused-ring (bicyclic) bond motifs is 1. The molecule has 1 aliphatic rings. The third kappa shape index (κ3) is 3.39. The molecule has 1 amide bonds. The number of carbonyl (C=O) groups excluding carboxylic acids is 1. The van der Waals surface area contributed by atoms with Crippen LogP contribution in [0.4, 0.5) is 11.4 Å². The first-order valence-corrected chi connectivity index (χ1v) is 8.29. The lowest BCUT2D eigenvalue weighted by atomic mass is 10.0. The number of nitrogens with zero attached hydrogens (tertiary/aromatic N) is 1. The number of carbonyl (C=O) groups is 1. The van der Waals surface area contributed by atoms with Crippen LogP contribution in [0.15, 0.2) is 48.5 Å². The Morgan fingerprint density at radius 3 is 2.57 bits per heavy atom. The van der Waals surface area contributed by atoms with E-state index in [1.165, 1.54) is 16.8 Å². The van der Waals surface area contributed by atoms with Gasteiger partial charge in [0.2, 0.25) is 5.91 Å². The van der Waals surface area contributed by atoms with Gasteiger partial charge in [-0.2, -0.15) is 0 Å². The van der Waals surface area contributed by atoms with Crippen molar-refractivity contribution in [2.75, 3.05) is 16.8 Å². The molecule has 3 heteroatoms. The van der Waals surface area contributed by atoms with Crippen molar-refractivity contribution in [1.29, 1.82) is 0 Å². The Kier molecular flexibility index (Phi) is 4.37. The standard InChI is InChI=1S/C20H24N2O/c1-14(2)16-8-10-18(11-9-16)21-20(23)13-22-15(3)12-17-6-4-5-7-19(17)22/h4-11,14-15H,12-13H2,1-3H3,(H,21,23). The lowest BCUT2D eigenvalue weighted by molar-refractivity contribution is -0.115. The molecule has 0 saturated heterocycles. The van der Waals surface area contributed by atoms with E-state index in [4.69, 9.17) is 0 Å². The molecule has 1 heterocycles. The van der Waals surface area contributed by atoms with E-state index in [1.807, 2.05) is 18.2 Å². The zero-order chi connectivity index (χ0) is 16.4. The molecule has 0 aromatic heterocycles. The third-order valence-electron chi connectivity index (χ3n) is 4.52. The van der Waals surface area contributed by atoms with Gasteiger partial charge in [-0.25, -0.2) is 0 Å².